The van der Waals surface area contributed by atoms with Crippen LogP contribution in [0.4, 0.5) is 0 Å². The van der Waals surface area contributed by atoms with Crippen LogP contribution in [0.5, 0.6) is 0 Å². The van der Waals surface area contributed by atoms with E-state index in [-0.39, 0.29) is 6.61 Å². The van der Waals surface area contributed by atoms with Gasteiger partial charge in [0.05, 0.1) is 25.9 Å². The zero-order chi connectivity index (χ0) is 12.9. The fraction of sp³-hybridized carbons (Fsp3) is 1.00. The van der Waals surface area contributed by atoms with Gasteiger partial charge in [0.25, 0.3) is 0 Å². The molecule has 2 N–H and O–H groups in total. The molecule has 2 atom stereocenters. The van der Waals surface area contributed by atoms with Crippen LogP contribution in [0.3, 0.4) is 0 Å². The molecular weight excluding hydrogens is 220 g/mol. The minimum atomic E-state index is -0.780. The zero-order valence-electron chi connectivity index (χ0n) is 11.2. The number of rotatable bonds is 12. The molecule has 0 spiro atoms. The number of hydrogen-bond donors (Lipinski definition) is 2. The fourth-order valence-corrected chi connectivity index (χ4v) is 1.39. The van der Waals surface area contributed by atoms with E-state index in [0.717, 1.165) is 32.3 Å². The van der Waals surface area contributed by atoms with Gasteiger partial charge in [0.15, 0.2) is 0 Å². The molecule has 4 nitrogen and oxygen atoms in total. The molecule has 4 heteroatoms. The van der Waals surface area contributed by atoms with Crippen LogP contribution in [0.2, 0.25) is 0 Å². The van der Waals surface area contributed by atoms with Crippen LogP contribution >= 0.6 is 0 Å². The Labute approximate surface area is 105 Å². The average molecular weight is 248 g/mol. The molecule has 0 amide bonds. The van der Waals surface area contributed by atoms with Crippen molar-refractivity contribution in [3.63, 3.8) is 0 Å². The second-order valence-corrected chi connectivity index (χ2v) is 4.32. The molecule has 0 bridgehead atoms. The van der Waals surface area contributed by atoms with Crippen LogP contribution in [-0.4, -0.2) is 48.8 Å². The topological polar surface area (TPSA) is 58.9 Å². The summed E-state index contributed by atoms with van der Waals surface area (Å²) in [6.07, 6.45) is 3.33. The summed E-state index contributed by atoms with van der Waals surface area (Å²) in [6, 6.07) is 0. The Morgan fingerprint density at radius 1 is 0.824 bits per heavy atom. The molecule has 2 unspecified atom stereocenters. The maximum Gasteiger partial charge on any atom is 0.103 e. The predicted molar refractivity (Wildman–Crippen MR) is 68.1 cm³/mol. The van der Waals surface area contributed by atoms with Gasteiger partial charge >= 0.3 is 0 Å². The molecule has 0 rings (SSSR count). The van der Waals surface area contributed by atoms with E-state index in [0.29, 0.717) is 19.6 Å². The lowest BCUT2D eigenvalue weighted by molar-refractivity contribution is -0.0512. The van der Waals surface area contributed by atoms with E-state index in [1.165, 1.54) is 0 Å². The Hall–Kier alpha value is -0.160. The summed E-state index contributed by atoms with van der Waals surface area (Å²) in [5.74, 6) is 0. The van der Waals surface area contributed by atoms with E-state index in [2.05, 4.69) is 13.8 Å². The summed E-state index contributed by atoms with van der Waals surface area (Å²) in [4.78, 5) is 0. The van der Waals surface area contributed by atoms with Gasteiger partial charge in [0.2, 0.25) is 0 Å². The van der Waals surface area contributed by atoms with Gasteiger partial charge in [-0.3, -0.25) is 0 Å². The largest absolute Gasteiger partial charge is 0.390 e. The Bertz CT molecular complexity index is 152. The molecule has 0 aromatic heterocycles. The van der Waals surface area contributed by atoms with Crippen molar-refractivity contribution in [2.24, 2.45) is 0 Å². The van der Waals surface area contributed by atoms with E-state index in [1.807, 2.05) is 0 Å². The van der Waals surface area contributed by atoms with Crippen molar-refractivity contribution in [1.82, 2.24) is 0 Å². The standard InChI is InChI=1S/C13H28O4/c1-3-5-7-12(14)13(15)11-17-10-9-16-8-6-4-2/h12-15H,3-11H2,1-2H3. The fourth-order valence-electron chi connectivity index (χ4n) is 1.39. The molecule has 0 saturated heterocycles. The molecule has 0 radical (unpaired) electrons. The second-order valence-electron chi connectivity index (χ2n) is 4.32. The van der Waals surface area contributed by atoms with Gasteiger partial charge < -0.3 is 19.7 Å². The molecule has 0 aromatic carbocycles. The monoisotopic (exact) mass is 248 g/mol. The normalized spacial score (nSPS) is 14.8. The molecule has 17 heavy (non-hydrogen) atoms. The molecule has 0 aliphatic carbocycles. The summed E-state index contributed by atoms with van der Waals surface area (Å²) in [7, 11) is 0. The lowest BCUT2D eigenvalue weighted by Gasteiger charge is -2.17. The first kappa shape index (κ1) is 16.8. The molecular formula is C13H28O4. The molecule has 0 aliphatic heterocycles. The van der Waals surface area contributed by atoms with E-state index < -0.39 is 12.2 Å². The minimum absolute atomic E-state index is 0.183. The van der Waals surface area contributed by atoms with E-state index >= 15 is 0 Å². The highest BCUT2D eigenvalue weighted by Gasteiger charge is 2.15. The second kappa shape index (κ2) is 12.3. The third-order valence-corrected chi connectivity index (χ3v) is 2.60. The van der Waals surface area contributed by atoms with Gasteiger partial charge in [0, 0.05) is 6.61 Å². The number of ether oxygens (including phenoxy) is 2. The van der Waals surface area contributed by atoms with Gasteiger partial charge in [-0.25, -0.2) is 0 Å². The zero-order valence-corrected chi connectivity index (χ0v) is 11.2. The van der Waals surface area contributed by atoms with Crippen molar-refractivity contribution in [2.45, 2.75) is 58.2 Å². The van der Waals surface area contributed by atoms with Crippen LogP contribution in [0.15, 0.2) is 0 Å². The molecule has 104 valence electrons. The summed E-state index contributed by atoms with van der Waals surface area (Å²) >= 11 is 0. The maximum absolute atomic E-state index is 9.57. The Balaban J connectivity index is 3.28. The third-order valence-electron chi connectivity index (χ3n) is 2.60. The first-order chi connectivity index (χ1) is 8.22. The van der Waals surface area contributed by atoms with Crippen LogP contribution < -0.4 is 0 Å². The van der Waals surface area contributed by atoms with Crippen molar-refractivity contribution >= 4 is 0 Å². The first-order valence-electron chi connectivity index (χ1n) is 6.74. The van der Waals surface area contributed by atoms with Crippen molar-refractivity contribution in [3.8, 4) is 0 Å². The average Bonchev–Trinajstić information content (AvgIpc) is 2.34. The summed E-state index contributed by atoms with van der Waals surface area (Å²) in [5, 5.41) is 19.1. The van der Waals surface area contributed by atoms with Crippen LogP contribution in [-0.2, 0) is 9.47 Å². The summed E-state index contributed by atoms with van der Waals surface area (Å²) < 4.78 is 10.6. The first-order valence-corrected chi connectivity index (χ1v) is 6.74. The number of aliphatic hydroxyl groups is 2. The highest BCUT2D eigenvalue weighted by molar-refractivity contribution is 4.66. The number of unbranched alkanes of at least 4 members (excludes halogenated alkanes) is 2. The van der Waals surface area contributed by atoms with Crippen molar-refractivity contribution in [3.05, 3.63) is 0 Å². The summed E-state index contributed by atoms with van der Waals surface area (Å²) in [5.41, 5.74) is 0. The molecule has 0 aliphatic rings. The van der Waals surface area contributed by atoms with Gasteiger partial charge in [-0.15, -0.1) is 0 Å². The number of hydrogen-bond acceptors (Lipinski definition) is 4. The summed E-state index contributed by atoms with van der Waals surface area (Å²) in [6.45, 7) is 6.15. The van der Waals surface area contributed by atoms with Gasteiger partial charge in [-0.1, -0.05) is 33.1 Å². The molecule has 0 saturated carbocycles. The highest BCUT2D eigenvalue weighted by atomic mass is 16.5. The number of aliphatic hydroxyl groups excluding tert-OH is 2. The Kier molecular flexibility index (Phi) is 12.2. The van der Waals surface area contributed by atoms with Gasteiger partial charge in [0.1, 0.15) is 6.10 Å². The molecule has 0 fully saturated rings. The third kappa shape index (κ3) is 10.7. The van der Waals surface area contributed by atoms with Crippen molar-refractivity contribution in [2.75, 3.05) is 26.4 Å². The lowest BCUT2D eigenvalue weighted by Crippen LogP contribution is -2.31. The smallest absolute Gasteiger partial charge is 0.103 e. The van der Waals surface area contributed by atoms with E-state index in [4.69, 9.17) is 9.47 Å². The van der Waals surface area contributed by atoms with Crippen LogP contribution in [0.1, 0.15) is 46.0 Å². The highest BCUT2D eigenvalue weighted by Crippen LogP contribution is 2.05. The molecule has 0 heterocycles. The van der Waals surface area contributed by atoms with Crippen LogP contribution in [0, 0.1) is 0 Å². The Morgan fingerprint density at radius 2 is 1.47 bits per heavy atom. The minimum Gasteiger partial charge on any atom is -0.390 e. The van der Waals surface area contributed by atoms with Crippen molar-refractivity contribution in [1.29, 1.82) is 0 Å². The molecule has 0 aromatic rings. The van der Waals surface area contributed by atoms with E-state index in [9.17, 15) is 10.2 Å². The van der Waals surface area contributed by atoms with Gasteiger partial charge in [-0.2, -0.15) is 0 Å². The Morgan fingerprint density at radius 3 is 2.12 bits per heavy atom. The SMILES string of the molecule is CCCCOCCOCC(O)C(O)CCCC. The van der Waals surface area contributed by atoms with Crippen molar-refractivity contribution < 1.29 is 19.7 Å². The maximum atomic E-state index is 9.57. The predicted octanol–water partition coefficient (Wildman–Crippen LogP) is 1.73. The lowest BCUT2D eigenvalue weighted by atomic mass is 10.1. The van der Waals surface area contributed by atoms with Gasteiger partial charge in [-0.05, 0) is 12.8 Å². The van der Waals surface area contributed by atoms with E-state index in [1.54, 1.807) is 0 Å². The quantitative estimate of drug-likeness (QED) is 0.516. The van der Waals surface area contributed by atoms with Crippen LogP contribution in [0.25, 0.3) is 0 Å².